The van der Waals surface area contributed by atoms with Gasteiger partial charge in [0.05, 0.1) is 0 Å². The molecule has 0 spiro atoms. The number of rotatable bonds is 5. The average molecular weight is 291 g/mol. The van der Waals surface area contributed by atoms with Crippen molar-refractivity contribution in [1.29, 1.82) is 0 Å². The fourth-order valence-corrected chi connectivity index (χ4v) is 2.42. The summed E-state index contributed by atoms with van der Waals surface area (Å²) in [6.07, 6.45) is 6.40. The summed E-state index contributed by atoms with van der Waals surface area (Å²) >= 11 is 0. The van der Waals surface area contributed by atoms with E-state index in [0.717, 1.165) is 25.9 Å². The minimum absolute atomic E-state index is 0. The number of piperidine rings is 1. The number of aromatic amines is 1. The lowest BCUT2D eigenvalue weighted by molar-refractivity contribution is -0.503. The van der Waals surface area contributed by atoms with E-state index >= 15 is 0 Å². The molecule has 108 valence electrons. The lowest BCUT2D eigenvalue weighted by atomic mass is 10.0. The van der Waals surface area contributed by atoms with Gasteiger partial charge in [-0.3, -0.25) is 15.0 Å². The molecule has 1 saturated heterocycles. The van der Waals surface area contributed by atoms with Crippen molar-refractivity contribution in [2.24, 2.45) is 0 Å². The van der Waals surface area contributed by atoms with Crippen LogP contribution in [-0.2, 0) is 5.60 Å². The first-order chi connectivity index (χ1) is 8.60. The number of hydrogen-bond donors (Lipinski definition) is 2. The smallest absolute Gasteiger partial charge is 0.240 e. The Labute approximate surface area is 117 Å². The third kappa shape index (κ3) is 4.15. The third-order valence-electron chi connectivity index (χ3n) is 3.26. The topological polar surface area (TPSA) is 95.3 Å². The Morgan fingerprint density at radius 1 is 1.47 bits per heavy atom. The number of halogens is 1. The Morgan fingerprint density at radius 2 is 2.16 bits per heavy atom. The van der Waals surface area contributed by atoms with Crippen LogP contribution in [0.1, 0.15) is 25.1 Å². The van der Waals surface area contributed by atoms with E-state index in [0.29, 0.717) is 0 Å². The van der Waals surface area contributed by atoms with Gasteiger partial charge >= 0.3 is 0 Å². The van der Waals surface area contributed by atoms with Crippen LogP contribution in [-0.4, -0.2) is 51.1 Å². The highest BCUT2D eigenvalue weighted by atomic mass is 35.5. The Kier molecular flexibility index (Phi) is 5.71. The number of aliphatic hydroxyl groups is 1. The van der Waals surface area contributed by atoms with Gasteiger partial charge in [0, 0.05) is 23.9 Å². The predicted octanol–water partition coefficient (Wildman–Crippen LogP) is 0.782. The quantitative estimate of drug-likeness (QED) is 0.617. The maximum absolute atomic E-state index is 10.7. The van der Waals surface area contributed by atoms with Gasteiger partial charge in [-0.1, -0.05) is 6.42 Å². The van der Waals surface area contributed by atoms with Crippen LogP contribution < -0.4 is 0 Å². The van der Waals surface area contributed by atoms with Crippen LogP contribution in [0.5, 0.6) is 0 Å². The summed E-state index contributed by atoms with van der Waals surface area (Å²) in [7, 11) is 0. The monoisotopic (exact) mass is 290 g/mol. The summed E-state index contributed by atoms with van der Waals surface area (Å²) in [6.45, 7) is 1.47. The predicted molar refractivity (Wildman–Crippen MR) is 71.9 cm³/mol. The zero-order valence-corrected chi connectivity index (χ0v) is 11.4. The molecule has 1 aromatic rings. The van der Waals surface area contributed by atoms with Crippen LogP contribution in [0.2, 0.25) is 0 Å². The molecule has 1 fully saturated rings. The molecule has 2 N–H and O–H groups in total. The Balaban J connectivity index is 0.00000180. The molecule has 2 heterocycles. The fraction of sp³-hybridized carbons (Fsp3) is 0.727. The first-order valence-corrected chi connectivity index (χ1v) is 6.16. The standard InChI is InChI=1S/C11H18N4O3.ClH/c16-11(9-15(17)18,10-12-4-5-13-10)8-14-6-2-1-3-7-14;/h4-5,16H,1-3,6-9H2,(H,12,13);1H. The van der Waals surface area contributed by atoms with E-state index in [1.165, 1.54) is 12.6 Å². The van der Waals surface area contributed by atoms with Crippen molar-refractivity contribution in [3.63, 3.8) is 0 Å². The maximum Gasteiger partial charge on any atom is 0.240 e. The normalized spacial score (nSPS) is 19.4. The van der Waals surface area contributed by atoms with Gasteiger partial charge in [0.1, 0.15) is 5.82 Å². The number of nitrogens with zero attached hydrogens (tertiary/aromatic N) is 3. The Bertz CT molecular complexity index is 395. The number of aromatic nitrogens is 2. The molecule has 19 heavy (non-hydrogen) atoms. The zero-order chi connectivity index (χ0) is 13.0. The van der Waals surface area contributed by atoms with Crippen LogP contribution >= 0.6 is 12.4 Å². The number of hydrogen-bond acceptors (Lipinski definition) is 5. The molecule has 1 atom stereocenters. The van der Waals surface area contributed by atoms with Gasteiger partial charge in [-0.05, 0) is 25.9 Å². The number of likely N-dealkylation sites (tertiary alicyclic amines) is 1. The summed E-state index contributed by atoms with van der Waals surface area (Å²) < 4.78 is 0. The van der Waals surface area contributed by atoms with E-state index < -0.39 is 17.1 Å². The highest BCUT2D eigenvalue weighted by molar-refractivity contribution is 5.85. The number of nitro groups is 1. The van der Waals surface area contributed by atoms with E-state index in [1.54, 1.807) is 6.20 Å². The second-order valence-corrected chi connectivity index (χ2v) is 4.80. The molecule has 0 aliphatic carbocycles. The van der Waals surface area contributed by atoms with Crippen molar-refractivity contribution >= 4 is 12.4 Å². The molecular formula is C11H19ClN4O3. The summed E-state index contributed by atoms with van der Waals surface area (Å²) in [4.78, 5) is 19.1. The Morgan fingerprint density at radius 3 is 2.68 bits per heavy atom. The van der Waals surface area contributed by atoms with E-state index in [2.05, 4.69) is 14.9 Å². The van der Waals surface area contributed by atoms with Crippen LogP contribution in [0.4, 0.5) is 0 Å². The second-order valence-electron chi connectivity index (χ2n) is 4.80. The van der Waals surface area contributed by atoms with E-state index in [1.807, 2.05) is 0 Å². The minimum atomic E-state index is -1.54. The molecule has 1 aromatic heterocycles. The van der Waals surface area contributed by atoms with Gasteiger partial charge in [0.15, 0.2) is 5.60 Å². The summed E-state index contributed by atoms with van der Waals surface area (Å²) in [6, 6.07) is 0. The highest BCUT2D eigenvalue weighted by Crippen LogP contribution is 2.21. The van der Waals surface area contributed by atoms with E-state index in [-0.39, 0.29) is 24.8 Å². The molecule has 2 rings (SSSR count). The van der Waals surface area contributed by atoms with Crippen LogP contribution in [0.25, 0.3) is 0 Å². The van der Waals surface area contributed by atoms with Crippen molar-refractivity contribution in [2.75, 3.05) is 26.2 Å². The van der Waals surface area contributed by atoms with E-state index in [9.17, 15) is 15.2 Å². The maximum atomic E-state index is 10.7. The van der Waals surface area contributed by atoms with Crippen LogP contribution in [0.3, 0.4) is 0 Å². The number of imidazole rings is 1. The molecule has 0 amide bonds. The van der Waals surface area contributed by atoms with Crippen molar-refractivity contribution in [2.45, 2.75) is 24.9 Å². The van der Waals surface area contributed by atoms with Gasteiger partial charge < -0.3 is 10.1 Å². The van der Waals surface area contributed by atoms with Crippen molar-refractivity contribution < 1.29 is 10.0 Å². The molecule has 1 unspecified atom stereocenters. The van der Waals surface area contributed by atoms with Crippen LogP contribution in [0.15, 0.2) is 12.4 Å². The largest absolute Gasteiger partial charge is 0.375 e. The van der Waals surface area contributed by atoms with Gasteiger partial charge in [-0.25, -0.2) is 4.98 Å². The molecule has 0 aromatic carbocycles. The van der Waals surface area contributed by atoms with Crippen LogP contribution in [0, 0.1) is 10.1 Å². The lowest BCUT2D eigenvalue weighted by Gasteiger charge is -2.32. The minimum Gasteiger partial charge on any atom is -0.375 e. The molecule has 0 bridgehead atoms. The average Bonchev–Trinajstić information content (AvgIpc) is 2.83. The molecule has 1 aliphatic rings. The molecule has 0 radical (unpaired) electrons. The number of nitrogens with one attached hydrogen (secondary N) is 1. The molecule has 7 nitrogen and oxygen atoms in total. The molecule has 0 saturated carbocycles. The molecule has 8 heteroatoms. The van der Waals surface area contributed by atoms with Gasteiger partial charge in [0.25, 0.3) is 0 Å². The third-order valence-corrected chi connectivity index (χ3v) is 3.26. The number of H-pyrrole nitrogens is 1. The zero-order valence-electron chi connectivity index (χ0n) is 10.6. The second kappa shape index (κ2) is 6.83. The summed E-state index contributed by atoms with van der Waals surface area (Å²) in [5, 5.41) is 21.3. The van der Waals surface area contributed by atoms with Gasteiger partial charge in [0.2, 0.25) is 6.54 Å². The van der Waals surface area contributed by atoms with Crippen molar-refractivity contribution in [3.05, 3.63) is 28.3 Å². The Hall–Kier alpha value is -1.18. The van der Waals surface area contributed by atoms with Crippen molar-refractivity contribution in [3.8, 4) is 0 Å². The SMILES string of the molecule is Cl.O=[N+]([O-])CC(O)(CN1CCCCC1)c1ncc[nH]1. The summed E-state index contributed by atoms with van der Waals surface area (Å²) in [5.74, 6) is 0.268. The van der Waals surface area contributed by atoms with Gasteiger partial charge in [-0.15, -0.1) is 12.4 Å². The number of β-amino-alcohol motifs (C(OH)–C–C–N with tert-alkyl or cyclic N) is 1. The molecular weight excluding hydrogens is 272 g/mol. The summed E-state index contributed by atoms with van der Waals surface area (Å²) in [5.41, 5.74) is -1.54. The lowest BCUT2D eigenvalue weighted by Crippen LogP contribution is -2.47. The fourth-order valence-electron chi connectivity index (χ4n) is 2.42. The first kappa shape index (κ1) is 15.9. The van der Waals surface area contributed by atoms with Crippen molar-refractivity contribution in [1.82, 2.24) is 14.9 Å². The first-order valence-electron chi connectivity index (χ1n) is 6.16. The highest BCUT2D eigenvalue weighted by Gasteiger charge is 2.39. The van der Waals surface area contributed by atoms with E-state index in [4.69, 9.17) is 0 Å². The molecule has 1 aliphatic heterocycles. The van der Waals surface area contributed by atoms with Gasteiger partial charge in [-0.2, -0.15) is 0 Å².